The van der Waals surface area contributed by atoms with Crippen LogP contribution < -0.4 is 10.5 Å². The Morgan fingerprint density at radius 3 is 2.40 bits per heavy atom. The molecule has 160 valence electrons. The van der Waals surface area contributed by atoms with Gasteiger partial charge in [-0.3, -0.25) is 9.67 Å². The van der Waals surface area contributed by atoms with Gasteiger partial charge in [-0.15, -0.1) is 25.6 Å². The average Bonchev–Trinajstić information content (AvgIpc) is 3.10. The monoisotopic (exact) mass is 442 g/mol. The molecule has 0 atom stereocenters. The van der Waals surface area contributed by atoms with Gasteiger partial charge < -0.3 is 15.6 Å². The number of rotatable bonds is 7. The minimum atomic E-state index is -4.76. The van der Waals surface area contributed by atoms with E-state index in [4.69, 9.17) is 5.73 Å². The molecule has 11 heteroatoms. The normalized spacial score (nSPS) is 11.1. The van der Waals surface area contributed by atoms with Gasteiger partial charge in [0.05, 0.1) is 11.4 Å². The molecule has 2 heterocycles. The van der Waals surface area contributed by atoms with Gasteiger partial charge in [0, 0.05) is 23.9 Å². The van der Waals surface area contributed by atoms with E-state index >= 15 is 0 Å². The van der Waals surface area contributed by atoms with E-state index in [0.717, 1.165) is 0 Å². The molecule has 3 N–H and O–H groups in total. The van der Waals surface area contributed by atoms with Gasteiger partial charge in [0.15, 0.2) is 0 Å². The van der Waals surface area contributed by atoms with Crippen LogP contribution in [0.4, 0.5) is 13.2 Å². The van der Waals surface area contributed by atoms with Crippen LogP contribution in [0.5, 0.6) is 5.75 Å². The second-order valence-corrected chi connectivity index (χ2v) is 6.09. The lowest BCUT2D eigenvalue weighted by Gasteiger charge is -2.09. The minimum absolute atomic E-state index is 0. The standard InChI is InChI=1S/C19H17F3N4O3.ClH/c20-19(21,22)29-14-4-2-12(3-5-14)15-10-13(6-8-24-15)16-11-17(18(27)28)26(25-16)9-1-7-23;/h2-6,8,10-11H,1,7,9,23H2,(H,27,28);1H. The summed E-state index contributed by atoms with van der Waals surface area (Å²) >= 11 is 0. The summed E-state index contributed by atoms with van der Waals surface area (Å²) in [6.45, 7) is 0.776. The Hall–Kier alpha value is -3.11. The highest BCUT2D eigenvalue weighted by Crippen LogP contribution is 2.28. The molecule has 0 aliphatic rings. The van der Waals surface area contributed by atoms with E-state index in [0.29, 0.717) is 42.0 Å². The maximum absolute atomic E-state index is 12.3. The first-order valence-corrected chi connectivity index (χ1v) is 8.60. The molecule has 0 fully saturated rings. The van der Waals surface area contributed by atoms with Crippen molar-refractivity contribution in [2.24, 2.45) is 5.73 Å². The number of pyridine rings is 1. The van der Waals surface area contributed by atoms with Crippen LogP contribution in [0.15, 0.2) is 48.7 Å². The van der Waals surface area contributed by atoms with E-state index in [-0.39, 0.29) is 23.9 Å². The number of halogens is 4. The molecular weight excluding hydrogens is 425 g/mol. The molecule has 0 saturated heterocycles. The fraction of sp³-hybridized carbons (Fsp3) is 0.211. The zero-order valence-corrected chi connectivity index (χ0v) is 16.3. The van der Waals surface area contributed by atoms with Crippen LogP contribution in [0.2, 0.25) is 0 Å². The van der Waals surface area contributed by atoms with Gasteiger partial charge in [-0.05, 0) is 55.4 Å². The van der Waals surface area contributed by atoms with E-state index in [1.54, 1.807) is 12.1 Å². The average molecular weight is 443 g/mol. The summed E-state index contributed by atoms with van der Waals surface area (Å²) in [6, 6.07) is 10.1. The van der Waals surface area contributed by atoms with Crippen LogP contribution in [0.25, 0.3) is 22.5 Å². The molecule has 0 aliphatic carbocycles. The number of carboxylic acids is 1. The Balaban J connectivity index is 0.00000320. The summed E-state index contributed by atoms with van der Waals surface area (Å²) in [5, 5.41) is 13.7. The van der Waals surface area contributed by atoms with Gasteiger partial charge in [0.25, 0.3) is 0 Å². The van der Waals surface area contributed by atoms with Gasteiger partial charge in [0.2, 0.25) is 0 Å². The fourth-order valence-corrected chi connectivity index (χ4v) is 2.72. The summed E-state index contributed by atoms with van der Waals surface area (Å²) in [7, 11) is 0. The number of aromatic nitrogens is 3. The number of aromatic carboxylic acids is 1. The van der Waals surface area contributed by atoms with Gasteiger partial charge in [0.1, 0.15) is 11.4 Å². The van der Waals surface area contributed by atoms with Crippen LogP contribution in [-0.4, -0.2) is 38.7 Å². The first-order chi connectivity index (χ1) is 13.8. The highest BCUT2D eigenvalue weighted by molar-refractivity contribution is 5.87. The van der Waals surface area contributed by atoms with Gasteiger partial charge in [-0.1, -0.05) is 0 Å². The van der Waals surface area contributed by atoms with Crippen molar-refractivity contribution in [1.82, 2.24) is 14.8 Å². The zero-order valence-electron chi connectivity index (χ0n) is 15.5. The van der Waals surface area contributed by atoms with Crippen molar-refractivity contribution in [2.75, 3.05) is 6.54 Å². The predicted molar refractivity (Wildman–Crippen MR) is 105 cm³/mol. The predicted octanol–water partition coefficient (Wildman–Crippen LogP) is 3.98. The number of carbonyl (C=O) groups is 1. The minimum Gasteiger partial charge on any atom is -0.477 e. The summed E-state index contributed by atoms with van der Waals surface area (Å²) in [5.74, 6) is -1.43. The number of hydrogen-bond acceptors (Lipinski definition) is 5. The number of hydrogen-bond donors (Lipinski definition) is 2. The molecule has 0 bridgehead atoms. The maximum Gasteiger partial charge on any atom is 0.573 e. The largest absolute Gasteiger partial charge is 0.573 e. The Kier molecular flexibility index (Phi) is 7.41. The van der Waals surface area contributed by atoms with Crippen molar-refractivity contribution in [2.45, 2.75) is 19.3 Å². The third-order valence-electron chi connectivity index (χ3n) is 4.01. The van der Waals surface area contributed by atoms with Crippen LogP contribution in [0.1, 0.15) is 16.9 Å². The first kappa shape index (κ1) is 23.2. The van der Waals surface area contributed by atoms with Crippen molar-refractivity contribution >= 4 is 18.4 Å². The van der Waals surface area contributed by atoms with Crippen LogP contribution in [0, 0.1) is 0 Å². The maximum atomic E-state index is 12.3. The molecule has 0 aliphatic heterocycles. The molecule has 30 heavy (non-hydrogen) atoms. The molecule has 0 radical (unpaired) electrons. The van der Waals surface area contributed by atoms with Crippen LogP contribution >= 0.6 is 12.4 Å². The molecule has 0 saturated carbocycles. The number of aryl methyl sites for hydroxylation is 1. The SMILES string of the molecule is Cl.NCCCn1nc(-c2ccnc(-c3ccc(OC(F)(F)F)cc3)c2)cc1C(=O)O. The fourth-order valence-electron chi connectivity index (χ4n) is 2.72. The van der Waals surface area contributed by atoms with E-state index in [9.17, 15) is 23.1 Å². The highest BCUT2D eigenvalue weighted by Gasteiger charge is 2.31. The quantitative estimate of drug-likeness (QED) is 0.573. The van der Waals surface area contributed by atoms with Gasteiger partial charge in [-0.2, -0.15) is 5.10 Å². The Bertz CT molecular complexity index is 1010. The number of ether oxygens (including phenoxy) is 1. The van der Waals surface area contributed by atoms with E-state index in [1.807, 2.05) is 0 Å². The Labute approximate surface area is 175 Å². The van der Waals surface area contributed by atoms with E-state index in [1.165, 1.54) is 41.2 Å². The number of nitrogens with zero attached hydrogens (tertiary/aromatic N) is 3. The summed E-state index contributed by atoms with van der Waals surface area (Å²) < 4.78 is 42.1. The van der Waals surface area contributed by atoms with Crippen LogP contribution in [-0.2, 0) is 6.54 Å². The first-order valence-electron chi connectivity index (χ1n) is 8.60. The Morgan fingerprint density at radius 1 is 1.10 bits per heavy atom. The molecule has 0 spiro atoms. The van der Waals surface area contributed by atoms with Crippen molar-refractivity contribution in [3.05, 3.63) is 54.4 Å². The van der Waals surface area contributed by atoms with Crippen molar-refractivity contribution < 1.29 is 27.8 Å². The molecule has 2 aromatic heterocycles. The molecule has 0 unspecified atom stereocenters. The van der Waals surface area contributed by atoms with Gasteiger partial charge in [-0.25, -0.2) is 4.79 Å². The number of benzene rings is 1. The zero-order chi connectivity index (χ0) is 21.0. The lowest BCUT2D eigenvalue weighted by Crippen LogP contribution is -2.16. The van der Waals surface area contributed by atoms with Crippen molar-refractivity contribution in [1.29, 1.82) is 0 Å². The Morgan fingerprint density at radius 2 is 1.80 bits per heavy atom. The second-order valence-electron chi connectivity index (χ2n) is 6.09. The third-order valence-corrected chi connectivity index (χ3v) is 4.01. The lowest BCUT2D eigenvalue weighted by atomic mass is 10.1. The summed E-state index contributed by atoms with van der Waals surface area (Å²) in [4.78, 5) is 15.7. The number of carboxylic acid groups (broad SMARTS) is 1. The van der Waals surface area contributed by atoms with Crippen molar-refractivity contribution in [3.8, 4) is 28.3 Å². The van der Waals surface area contributed by atoms with E-state index < -0.39 is 12.3 Å². The van der Waals surface area contributed by atoms with Crippen molar-refractivity contribution in [3.63, 3.8) is 0 Å². The number of alkyl halides is 3. The molecular formula is C19H18ClF3N4O3. The molecule has 3 aromatic rings. The lowest BCUT2D eigenvalue weighted by molar-refractivity contribution is -0.274. The summed E-state index contributed by atoms with van der Waals surface area (Å²) in [5.41, 5.74) is 7.66. The second kappa shape index (κ2) is 9.59. The molecule has 3 rings (SSSR count). The number of nitrogens with two attached hydrogens (primary N) is 1. The van der Waals surface area contributed by atoms with E-state index in [2.05, 4.69) is 14.8 Å². The van der Waals surface area contributed by atoms with Gasteiger partial charge >= 0.3 is 12.3 Å². The van der Waals surface area contributed by atoms with Crippen LogP contribution in [0.3, 0.4) is 0 Å². The smallest absolute Gasteiger partial charge is 0.477 e. The molecule has 0 amide bonds. The molecule has 7 nitrogen and oxygen atoms in total. The summed E-state index contributed by atoms with van der Waals surface area (Å²) in [6.07, 6.45) is -2.66. The topological polar surface area (TPSA) is 103 Å². The molecule has 1 aromatic carbocycles. The third kappa shape index (κ3) is 5.71. The highest BCUT2D eigenvalue weighted by atomic mass is 35.5.